The second-order valence-electron chi connectivity index (χ2n) is 5.31. The molecular formula is C12H21N5. The molecule has 2 saturated heterocycles. The molecule has 0 aliphatic carbocycles. The van der Waals surface area contributed by atoms with Gasteiger partial charge < -0.3 is 10.2 Å². The predicted octanol–water partition coefficient (Wildman–Crippen LogP) is 1.08. The normalized spacial score (nSPS) is 31.4. The highest BCUT2D eigenvalue weighted by Crippen LogP contribution is 2.27. The number of H-pyrrole nitrogens is 1. The highest BCUT2D eigenvalue weighted by molar-refractivity contribution is 4.94. The van der Waals surface area contributed by atoms with Gasteiger partial charge in [0, 0.05) is 12.1 Å². The van der Waals surface area contributed by atoms with Crippen molar-refractivity contribution in [1.29, 1.82) is 0 Å². The van der Waals surface area contributed by atoms with Gasteiger partial charge in [0.25, 0.3) is 0 Å². The van der Waals surface area contributed by atoms with Crippen LogP contribution in [-0.4, -0.2) is 45.3 Å². The summed E-state index contributed by atoms with van der Waals surface area (Å²) in [6.45, 7) is 4.72. The molecule has 0 aromatic carbocycles. The van der Waals surface area contributed by atoms with Gasteiger partial charge in [-0.2, -0.15) is 5.10 Å². The predicted molar refractivity (Wildman–Crippen MR) is 65.6 cm³/mol. The smallest absolute Gasteiger partial charge is 0.141 e. The molecule has 5 nitrogen and oxygen atoms in total. The maximum absolute atomic E-state index is 4.21. The Labute approximate surface area is 102 Å². The topological polar surface area (TPSA) is 56.8 Å². The lowest BCUT2D eigenvalue weighted by Gasteiger charge is -2.36. The maximum atomic E-state index is 4.21. The number of fused-ring (bicyclic) bond motifs is 1. The Morgan fingerprint density at radius 3 is 3.24 bits per heavy atom. The molecule has 3 rings (SSSR count). The number of piperidine rings is 1. The molecule has 0 saturated carbocycles. The second-order valence-corrected chi connectivity index (χ2v) is 5.31. The highest BCUT2D eigenvalue weighted by atomic mass is 15.2. The van der Waals surface area contributed by atoms with Crippen LogP contribution in [0.2, 0.25) is 0 Å². The van der Waals surface area contributed by atoms with Gasteiger partial charge in [0.1, 0.15) is 12.2 Å². The van der Waals surface area contributed by atoms with E-state index in [9.17, 15) is 0 Å². The minimum atomic E-state index is 0.274. The summed E-state index contributed by atoms with van der Waals surface area (Å²) in [5, 5.41) is 10.5. The number of aromatic amines is 1. The molecule has 0 spiro atoms. The molecular weight excluding hydrogens is 214 g/mol. The lowest BCUT2D eigenvalue weighted by atomic mass is 9.97. The van der Waals surface area contributed by atoms with Gasteiger partial charge >= 0.3 is 0 Å². The summed E-state index contributed by atoms with van der Waals surface area (Å²) >= 11 is 0. The third-order valence-electron chi connectivity index (χ3n) is 4.15. The summed E-state index contributed by atoms with van der Waals surface area (Å²) in [6, 6.07) is 1.73. The number of rotatable bonds is 3. The summed E-state index contributed by atoms with van der Waals surface area (Å²) in [5.74, 6) is 0.943. The fourth-order valence-corrected chi connectivity index (χ4v) is 3.23. The van der Waals surface area contributed by atoms with Crippen molar-refractivity contribution in [2.75, 3.05) is 13.1 Å². The first-order valence-electron chi connectivity index (χ1n) is 6.68. The summed E-state index contributed by atoms with van der Waals surface area (Å²) < 4.78 is 0. The molecule has 2 N–H and O–H groups in total. The van der Waals surface area contributed by atoms with Crippen molar-refractivity contribution in [1.82, 2.24) is 25.4 Å². The summed E-state index contributed by atoms with van der Waals surface area (Å²) in [5.41, 5.74) is 0. The first-order chi connectivity index (χ1) is 8.33. The fourth-order valence-electron chi connectivity index (χ4n) is 3.23. The van der Waals surface area contributed by atoms with Gasteiger partial charge in [0.2, 0.25) is 0 Å². The van der Waals surface area contributed by atoms with E-state index in [-0.39, 0.29) is 6.04 Å². The molecule has 3 heterocycles. The molecule has 5 heteroatoms. The van der Waals surface area contributed by atoms with E-state index in [0.717, 1.165) is 11.9 Å². The number of hydrogen-bond acceptors (Lipinski definition) is 4. The molecule has 3 unspecified atom stereocenters. The zero-order valence-corrected chi connectivity index (χ0v) is 10.4. The summed E-state index contributed by atoms with van der Waals surface area (Å²) in [7, 11) is 0. The molecule has 2 aliphatic rings. The lowest BCUT2D eigenvalue weighted by molar-refractivity contribution is 0.161. The van der Waals surface area contributed by atoms with E-state index in [0.29, 0.717) is 6.04 Å². The fraction of sp³-hybridized carbons (Fsp3) is 0.833. The molecule has 2 aliphatic heterocycles. The summed E-state index contributed by atoms with van der Waals surface area (Å²) in [4.78, 5) is 6.86. The van der Waals surface area contributed by atoms with Crippen molar-refractivity contribution in [3.05, 3.63) is 12.2 Å². The largest absolute Gasteiger partial charge is 0.305 e. The van der Waals surface area contributed by atoms with Crippen molar-refractivity contribution in [3.8, 4) is 0 Å². The van der Waals surface area contributed by atoms with Crippen LogP contribution in [0.1, 0.15) is 44.5 Å². The van der Waals surface area contributed by atoms with Gasteiger partial charge in [0.15, 0.2) is 0 Å². The Hall–Kier alpha value is -0.940. The Morgan fingerprint density at radius 2 is 2.41 bits per heavy atom. The van der Waals surface area contributed by atoms with Crippen molar-refractivity contribution in [2.45, 2.75) is 50.7 Å². The third kappa shape index (κ3) is 2.35. The molecule has 0 bridgehead atoms. The first-order valence-corrected chi connectivity index (χ1v) is 6.68. The van der Waals surface area contributed by atoms with Crippen LogP contribution in [0.15, 0.2) is 6.33 Å². The van der Waals surface area contributed by atoms with E-state index in [1.807, 2.05) is 0 Å². The number of hydrogen-bond donors (Lipinski definition) is 2. The van der Waals surface area contributed by atoms with Crippen LogP contribution in [0, 0.1) is 0 Å². The standard InChI is InChI=1S/C12H21N5/c1-9(12-13-8-14-16-12)15-10-4-6-17-5-2-3-11(17)7-10/h8-11,15H,2-7H2,1H3,(H,13,14,16). The Kier molecular flexibility index (Phi) is 3.11. The van der Waals surface area contributed by atoms with Crippen LogP contribution in [0.25, 0.3) is 0 Å². The van der Waals surface area contributed by atoms with Crippen LogP contribution in [-0.2, 0) is 0 Å². The second kappa shape index (κ2) is 4.74. The van der Waals surface area contributed by atoms with Crippen molar-refractivity contribution < 1.29 is 0 Å². The molecule has 1 aromatic heterocycles. The summed E-state index contributed by atoms with van der Waals surface area (Å²) in [6.07, 6.45) is 6.89. The van der Waals surface area contributed by atoms with Crippen LogP contribution < -0.4 is 5.32 Å². The van der Waals surface area contributed by atoms with Crippen molar-refractivity contribution >= 4 is 0 Å². The van der Waals surface area contributed by atoms with Gasteiger partial charge in [-0.05, 0) is 45.7 Å². The molecule has 17 heavy (non-hydrogen) atoms. The minimum absolute atomic E-state index is 0.274. The Bertz CT molecular complexity index is 350. The van der Waals surface area contributed by atoms with E-state index in [2.05, 4.69) is 32.3 Å². The van der Waals surface area contributed by atoms with Crippen molar-refractivity contribution in [3.63, 3.8) is 0 Å². The molecule has 94 valence electrons. The van der Waals surface area contributed by atoms with E-state index in [1.165, 1.54) is 38.8 Å². The molecule has 0 radical (unpaired) electrons. The zero-order chi connectivity index (χ0) is 11.7. The van der Waals surface area contributed by atoms with Gasteiger partial charge in [-0.1, -0.05) is 0 Å². The van der Waals surface area contributed by atoms with Crippen LogP contribution in [0.5, 0.6) is 0 Å². The number of aromatic nitrogens is 3. The maximum Gasteiger partial charge on any atom is 0.141 e. The molecule has 2 fully saturated rings. The molecule has 0 amide bonds. The molecule has 1 aromatic rings. The zero-order valence-electron chi connectivity index (χ0n) is 10.4. The number of nitrogens with one attached hydrogen (secondary N) is 2. The van der Waals surface area contributed by atoms with Gasteiger partial charge in [-0.25, -0.2) is 4.98 Å². The van der Waals surface area contributed by atoms with Crippen LogP contribution in [0.3, 0.4) is 0 Å². The van der Waals surface area contributed by atoms with E-state index in [1.54, 1.807) is 6.33 Å². The molecule has 3 atom stereocenters. The Balaban J connectivity index is 1.55. The number of nitrogens with zero attached hydrogens (tertiary/aromatic N) is 3. The SMILES string of the molecule is CC(NC1CCN2CCCC2C1)c1ncn[nH]1. The van der Waals surface area contributed by atoms with Gasteiger partial charge in [-0.15, -0.1) is 0 Å². The van der Waals surface area contributed by atoms with Gasteiger partial charge in [-0.3, -0.25) is 5.10 Å². The first kappa shape index (κ1) is 11.2. The van der Waals surface area contributed by atoms with E-state index >= 15 is 0 Å². The van der Waals surface area contributed by atoms with Crippen LogP contribution >= 0.6 is 0 Å². The minimum Gasteiger partial charge on any atom is -0.305 e. The third-order valence-corrected chi connectivity index (χ3v) is 4.15. The quantitative estimate of drug-likeness (QED) is 0.823. The average molecular weight is 235 g/mol. The van der Waals surface area contributed by atoms with E-state index < -0.39 is 0 Å². The van der Waals surface area contributed by atoms with Crippen LogP contribution in [0.4, 0.5) is 0 Å². The van der Waals surface area contributed by atoms with Crippen molar-refractivity contribution in [2.24, 2.45) is 0 Å². The monoisotopic (exact) mass is 235 g/mol. The average Bonchev–Trinajstić information content (AvgIpc) is 2.99. The van der Waals surface area contributed by atoms with E-state index in [4.69, 9.17) is 0 Å². The van der Waals surface area contributed by atoms with Gasteiger partial charge in [0.05, 0.1) is 6.04 Å². The Morgan fingerprint density at radius 1 is 1.47 bits per heavy atom. The highest BCUT2D eigenvalue weighted by Gasteiger charge is 2.32. The lowest BCUT2D eigenvalue weighted by Crippen LogP contribution is -2.46.